The van der Waals surface area contributed by atoms with Gasteiger partial charge in [-0.25, -0.2) is 12.8 Å². The topological polar surface area (TPSA) is 86.8 Å². The molecule has 0 spiro atoms. The van der Waals surface area contributed by atoms with Gasteiger partial charge in [0, 0.05) is 18.1 Å². The van der Waals surface area contributed by atoms with Crippen molar-refractivity contribution in [1.82, 2.24) is 10.2 Å². The number of rotatable bonds is 10. The van der Waals surface area contributed by atoms with Crippen molar-refractivity contribution >= 4 is 43.5 Å². The van der Waals surface area contributed by atoms with Crippen molar-refractivity contribution in [2.45, 2.75) is 30.8 Å². The van der Waals surface area contributed by atoms with Gasteiger partial charge in [-0.3, -0.25) is 13.9 Å². The zero-order valence-corrected chi connectivity index (χ0v) is 22.3. The summed E-state index contributed by atoms with van der Waals surface area (Å²) < 4.78 is 42.4. The predicted octanol–water partition coefficient (Wildman–Crippen LogP) is 4.34. The average molecular weight is 576 g/mol. The minimum absolute atomic E-state index is 0.00273. The molecule has 0 heterocycles. The van der Waals surface area contributed by atoms with Crippen molar-refractivity contribution < 1.29 is 22.4 Å². The van der Waals surface area contributed by atoms with Crippen LogP contribution in [0.1, 0.15) is 18.9 Å². The Hall–Kier alpha value is -3.24. The van der Waals surface area contributed by atoms with Crippen LogP contribution in [0.25, 0.3) is 0 Å². The van der Waals surface area contributed by atoms with Gasteiger partial charge in [0.1, 0.15) is 18.4 Å². The third-order valence-electron chi connectivity index (χ3n) is 5.60. The first-order chi connectivity index (χ1) is 17.2. The Bertz CT molecular complexity index is 1300. The SMILES string of the molecule is CCC(C(=O)NC)N(Cc1ccc(F)cc1)C(=O)CN(c1cccc(Br)c1)S(=O)(=O)c1ccccc1. The van der Waals surface area contributed by atoms with E-state index in [4.69, 9.17) is 0 Å². The first kappa shape index (κ1) is 27.3. The minimum atomic E-state index is -4.12. The van der Waals surface area contributed by atoms with Crippen molar-refractivity contribution in [2.75, 3.05) is 17.9 Å². The van der Waals surface area contributed by atoms with Crippen LogP contribution in [0.15, 0.2) is 88.2 Å². The number of hydrogen-bond donors (Lipinski definition) is 1. The van der Waals surface area contributed by atoms with E-state index >= 15 is 0 Å². The Morgan fingerprint density at radius 1 is 1.00 bits per heavy atom. The Labute approximate surface area is 219 Å². The van der Waals surface area contributed by atoms with Crippen LogP contribution in [0.5, 0.6) is 0 Å². The van der Waals surface area contributed by atoms with Crippen molar-refractivity contribution in [1.29, 1.82) is 0 Å². The smallest absolute Gasteiger partial charge is 0.264 e. The predicted molar refractivity (Wildman–Crippen MR) is 140 cm³/mol. The lowest BCUT2D eigenvalue weighted by Crippen LogP contribution is -2.51. The molecule has 1 unspecified atom stereocenters. The maximum atomic E-state index is 13.7. The van der Waals surface area contributed by atoms with Crippen LogP contribution in [0.2, 0.25) is 0 Å². The van der Waals surface area contributed by atoms with Crippen LogP contribution in [0.3, 0.4) is 0 Å². The number of nitrogens with one attached hydrogen (secondary N) is 1. The van der Waals surface area contributed by atoms with Crippen LogP contribution in [-0.4, -0.2) is 44.8 Å². The molecular formula is C26H27BrFN3O4S. The number of likely N-dealkylation sites (N-methyl/N-ethyl adjacent to an activating group) is 1. The molecule has 0 saturated carbocycles. The van der Waals surface area contributed by atoms with Gasteiger partial charge in [0.2, 0.25) is 11.8 Å². The van der Waals surface area contributed by atoms with E-state index in [1.54, 1.807) is 49.4 Å². The lowest BCUT2D eigenvalue weighted by atomic mass is 10.1. The second-order valence-corrected chi connectivity index (χ2v) is 10.8. The standard InChI is InChI=1S/C26H27BrFN3O4S/c1-3-24(26(33)29-2)30(17-19-12-14-21(28)15-13-19)25(32)18-31(22-9-7-8-20(27)16-22)36(34,35)23-10-5-4-6-11-23/h4-16,24H,3,17-18H2,1-2H3,(H,29,33). The van der Waals surface area contributed by atoms with Gasteiger partial charge in [0.15, 0.2) is 0 Å². The summed E-state index contributed by atoms with van der Waals surface area (Å²) >= 11 is 3.36. The average Bonchev–Trinajstić information content (AvgIpc) is 2.88. The third-order valence-corrected chi connectivity index (χ3v) is 7.89. The molecule has 0 fully saturated rings. The van der Waals surface area contributed by atoms with Crippen LogP contribution >= 0.6 is 15.9 Å². The fraction of sp³-hybridized carbons (Fsp3) is 0.231. The molecule has 0 aromatic heterocycles. The van der Waals surface area contributed by atoms with Gasteiger partial charge in [-0.05, 0) is 54.4 Å². The van der Waals surface area contributed by atoms with E-state index in [2.05, 4.69) is 21.2 Å². The largest absolute Gasteiger partial charge is 0.357 e. The second kappa shape index (κ2) is 12.1. The number of halogens is 2. The summed E-state index contributed by atoms with van der Waals surface area (Å²) in [6, 6.07) is 19.2. The summed E-state index contributed by atoms with van der Waals surface area (Å²) in [5.74, 6) is -1.38. The van der Waals surface area contributed by atoms with E-state index < -0.39 is 34.3 Å². The van der Waals surface area contributed by atoms with Crippen molar-refractivity contribution in [3.8, 4) is 0 Å². The zero-order chi connectivity index (χ0) is 26.3. The van der Waals surface area contributed by atoms with Gasteiger partial charge in [-0.15, -0.1) is 0 Å². The van der Waals surface area contributed by atoms with Crippen LogP contribution < -0.4 is 9.62 Å². The highest BCUT2D eigenvalue weighted by Crippen LogP contribution is 2.27. The molecule has 0 aliphatic rings. The molecule has 0 saturated heterocycles. The van der Waals surface area contributed by atoms with Gasteiger partial charge in [0.25, 0.3) is 10.0 Å². The first-order valence-electron chi connectivity index (χ1n) is 11.3. The number of carbonyl (C=O) groups excluding carboxylic acids is 2. The van der Waals surface area contributed by atoms with Gasteiger partial charge in [-0.2, -0.15) is 0 Å². The van der Waals surface area contributed by atoms with Gasteiger partial charge < -0.3 is 10.2 Å². The molecule has 36 heavy (non-hydrogen) atoms. The highest BCUT2D eigenvalue weighted by molar-refractivity contribution is 9.10. The molecule has 0 radical (unpaired) electrons. The van der Waals surface area contributed by atoms with Gasteiger partial charge >= 0.3 is 0 Å². The Morgan fingerprint density at radius 2 is 1.67 bits per heavy atom. The van der Waals surface area contributed by atoms with Crippen molar-refractivity contribution in [2.24, 2.45) is 0 Å². The number of anilines is 1. The number of sulfonamides is 1. The molecule has 7 nitrogen and oxygen atoms in total. The summed E-state index contributed by atoms with van der Waals surface area (Å²) in [4.78, 5) is 27.7. The zero-order valence-electron chi connectivity index (χ0n) is 19.9. The molecule has 1 N–H and O–H groups in total. The van der Waals surface area contributed by atoms with E-state index in [1.165, 1.54) is 48.3 Å². The molecule has 10 heteroatoms. The second-order valence-electron chi connectivity index (χ2n) is 7.99. The highest BCUT2D eigenvalue weighted by atomic mass is 79.9. The fourth-order valence-corrected chi connectivity index (χ4v) is 5.57. The molecule has 2 amide bonds. The van der Waals surface area contributed by atoms with Crippen molar-refractivity contribution in [3.05, 3.63) is 94.7 Å². The number of nitrogens with zero attached hydrogens (tertiary/aromatic N) is 2. The first-order valence-corrected chi connectivity index (χ1v) is 13.5. The lowest BCUT2D eigenvalue weighted by Gasteiger charge is -2.33. The third kappa shape index (κ3) is 6.50. The van der Waals surface area contributed by atoms with Crippen LogP contribution in [0, 0.1) is 5.82 Å². The molecule has 0 aliphatic carbocycles. The summed E-state index contributed by atoms with van der Waals surface area (Å²) in [6.45, 7) is 1.22. The lowest BCUT2D eigenvalue weighted by molar-refractivity contribution is -0.140. The normalized spacial score (nSPS) is 12.0. The number of benzene rings is 3. The summed E-state index contributed by atoms with van der Waals surface area (Å²) in [7, 11) is -2.65. The van der Waals surface area contributed by atoms with Crippen molar-refractivity contribution in [3.63, 3.8) is 0 Å². The molecule has 1 atom stereocenters. The van der Waals surface area contributed by atoms with Crippen LogP contribution in [0.4, 0.5) is 10.1 Å². The molecular weight excluding hydrogens is 549 g/mol. The molecule has 190 valence electrons. The maximum Gasteiger partial charge on any atom is 0.264 e. The molecule has 3 rings (SSSR count). The Balaban J connectivity index is 2.04. The summed E-state index contributed by atoms with van der Waals surface area (Å²) in [5, 5.41) is 2.56. The Morgan fingerprint density at radius 3 is 2.25 bits per heavy atom. The molecule has 0 bridgehead atoms. The Kier molecular flexibility index (Phi) is 9.22. The minimum Gasteiger partial charge on any atom is -0.357 e. The highest BCUT2D eigenvalue weighted by Gasteiger charge is 2.33. The number of hydrogen-bond acceptors (Lipinski definition) is 4. The van der Waals surface area contributed by atoms with E-state index in [0.717, 1.165) is 4.31 Å². The monoisotopic (exact) mass is 575 g/mol. The van der Waals surface area contributed by atoms with Crippen LogP contribution in [-0.2, 0) is 26.2 Å². The fourth-order valence-electron chi connectivity index (χ4n) is 3.75. The van der Waals surface area contributed by atoms with E-state index in [0.29, 0.717) is 16.5 Å². The quantitative estimate of drug-likeness (QED) is 0.389. The number of carbonyl (C=O) groups is 2. The van der Waals surface area contributed by atoms with E-state index in [9.17, 15) is 22.4 Å². The summed E-state index contributed by atoms with van der Waals surface area (Å²) in [5.41, 5.74) is 0.892. The maximum absolute atomic E-state index is 13.7. The van der Waals surface area contributed by atoms with E-state index in [-0.39, 0.29) is 23.0 Å². The van der Waals surface area contributed by atoms with Gasteiger partial charge in [-0.1, -0.05) is 59.3 Å². The molecule has 3 aromatic rings. The summed E-state index contributed by atoms with van der Waals surface area (Å²) in [6.07, 6.45) is 0.301. The molecule has 0 aliphatic heterocycles. The van der Waals surface area contributed by atoms with E-state index in [1.807, 2.05) is 0 Å². The molecule has 3 aromatic carbocycles. The number of amides is 2. The van der Waals surface area contributed by atoms with Gasteiger partial charge in [0.05, 0.1) is 10.6 Å².